The fraction of sp³-hybridized carbons (Fsp3) is 0.417. The Bertz CT molecular complexity index is 422. The smallest absolute Gasteiger partial charge is 0.239 e. The lowest BCUT2D eigenvalue weighted by molar-refractivity contribution is -0.120. The van der Waals surface area contributed by atoms with Crippen LogP contribution in [0.3, 0.4) is 0 Å². The SMILES string of the molecule is CNCc1ccc(N2CCNC(=O)C2)cc1Cl. The molecule has 5 heteroatoms. The first-order valence-electron chi connectivity index (χ1n) is 5.65. The summed E-state index contributed by atoms with van der Waals surface area (Å²) in [6, 6.07) is 5.94. The van der Waals surface area contributed by atoms with Gasteiger partial charge in [0.15, 0.2) is 0 Å². The third-order valence-corrected chi connectivity index (χ3v) is 3.16. The Kier molecular flexibility index (Phi) is 3.86. The molecule has 1 amide bonds. The first kappa shape index (κ1) is 12.2. The minimum Gasteiger partial charge on any atom is -0.360 e. The molecule has 0 aliphatic carbocycles. The van der Waals surface area contributed by atoms with E-state index in [1.165, 1.54) is 0 Å². The van der Waals surface area contributed by atoms with E-state index in [4.69, 9.17) is 11.6 Å². The number of rotatable bonds is 3. The maximum atomic E-state index is 11.3. The van der Waals surface area contributed by atoms with Gasteiger partial charge in [-0.15, -0.1) is 0 Å². The first-order valence-corrected chi connectivity index (χ1v) is 6.03. The van der Waals surface area contributed by atoms with Crippen LogP contribution in [0.25, 0.3) is 0 Å². The number of benzene rings is 1. The second-order valence-electron chi connectivity index (χ2n) is 4.08. The summed E-state index contributed by atoms with van der Waals surface area (Å²) in [6.45, 7) is 2.67. The van der Waals surface area contributed by atoms with Crippen molar-refractivity contribution in [3.8, 4) is 0 Å². The molecule has 1 heterocycles. The van der Waals surface area contributed by atoms with Crippen LogP contribution in [0, 0.1) is 0 Å². The summed E-state index contributed by atoms with van der Waals surface area (Å²) in [5.41, 5.74) is 2.07. The van der Waals surface area contributed by atoms with Gasteiger partial charge in [0, 0.05) is 30.3 Å². The maximum absolute atomic E-state index is 11.3. The van der Waals surface area contributed by atoms with Gasteiger partial charge < -0.3 is 15.5 Å². The maximum Gasteiger partial charge on any atom is 0.239 e. The van der Waals surface area contributed by atoms with Gasteiger partial charge in [-0.05, 0) is 24.7 Å². The second-order valence-corrected chi connectivity index (χ2v) is 4.48. The van der Waals surface area contributed by atoms with E-state index in [0.29, 0.717) is 13.1 Å². The first-order chi connectivity index (χ1) is 8.20. The van der Waals surface area contributed by atoms with Crippen LogP contribution in [0.1, 0.15) is 5.56 Å². The number of carbonyl (C=O) groups excluding carboxylic acids is 1. The number of amides is 1. The summed E-state index contributed by atoms with van der Waals surface area (Å²) in [5.74, 6) is 0.0617. The molecule has 1 aliphatic rings. The Balaban J connectivity index is 2.16. The molecule has 2 N–H and O–H groups in total. The van der Waals surface area contributed by atoms with Crippen LogP contribution in [0.15, 0.2) is 18.2 Å². The summed E-state index contributed by atoms with van der Waals surface area (Å²) >= 11 is 6.20. The van der Waals surface area contributed by atoms with E-state index in [2.05, 4.69) is 10.6 Å². The molecule has 0 spiro atoms. The molecule has 0 radical (unpaired) electrons. The van der Waals surface area contributed by atoms with Gasteiger partial charge in [-0.25, -0.2) is 0 Å². The van der Waals surface area contributed by atoms with Crippen molar-refractivity contribution in [2.24, 2.45) is 0 Å². The fourth-order valence-corrected chi connectivity index (χ4v) is 2.17. The van der Waals surface area contributed by atoms with Crippen molar-refractivity contribution in [2.45, 2.75) is 6.54 Å². The van der Waals surface area contributed by atoms with Crippen molar-refractivity contribution in [3.63, 3.8) is 0 Å². The van der Waals surface area contributed by atoms with Gasteiger partial charge in [0.05, 0.1) is 6.54 Å². The van der Waals surface area contributed by atoms with Crippen LogP contribution < -0.4 is 15.5 Å². The van der Waals surface area contributed by atoms with Crippen LogP contribution in [0.5, 0.6) is 0 Å². The lowest BCUT2D eigenvalue weighted by Gasteiger charge is -2.29. The van der Waals surface area contributed by atoms with Crippen LogP contribution >= 0.6 is 11.6 Å². The molecule has 92 valence electrons. The molecule has 1 aromatic rings. The highest BCUT2D eigenvalue weighted by atomic mass is 35.5. The van der Waals surface area contributed by atoms with Gasteiger partial charge >= 0.3 is 0 Å². The Morgan fingerprint density at radius 3 is 3.00 bits per heavy atom. The highest BCUT2D eigenvalue weighted by Gasteiger charge is 2.16. The predicted octanol–water partition coefficient (Wildman–Crippen LogP) is 0.996. The number of hydrogen-bond donors (Lipinski definition) is 2. The second kappa shape index (κ2) is 5.38. The van der Waals surface area contributed by atoms with Gasteiger partial charge in [-0.3, -0.25) is 4.79 Å². The van der Waals surface area contributed by atoms with E-state index in [1.807, 2.05) is 30.1 Å². The third-order valence-electron chi connectivity index (χ3n) is 2.81. The standard InChI is InChI=1S/C12H16ClN3O/c1-14-7-9-2-3-10(6-11(9)13)16-5-4-15-12(17)8-16/h2-3,6,14H,4-5,7-8H2,1H3,(H,15,17). The quantitative estimate of drug-likeness (QED) is 0.845. The Hall–Kier alpha value is -1.26. The average molecular weight is 254 g/mol. The summed E-state index contributed by atoms with van der Waals surface area (Å²) in [6.07, 6.45) is 0. The molecule has 1 aliphatic heterocycles. The van der Waals surface area contributed by atoms with Crippen molar-refractivity contribution in [1.82, 2.24) is 10.6 Å². The van der Waals surface area contributed by atoms with Gasteiger partial charge in [0.25, 0.3) is 0 Å². The molecule has 0 aromatic heterocycles. The van der Waals surface area contributed by atoms with Crippen molar-refractivity contribution >= 4 is 23.2 Å². The molecule has 0 bridgehead atoms. The topological polar surface area (TPSA) is 44.4 Å². The molecule has 0 atom stereocenters. The number of piperazine rings is 1. The van der Waals surface area contributed by atoms with Crippen molar-refractivity contribution in [1.29, 1.82) is 0 Å². The lowest BCUT2D eigenvalue weighted by atomic mass is 10.2. The number of hydrogen-bond acceptors (Lipinski definition) is 3. The number of halogens is 1. The van der Waals surface area contributed by atoms with Crippen molar-refractivity contribution < 1.29 is 4.79 Å². The van der Waals surface area contributed by atoms with E-state index in [0.717, 1.165) is 29.4 Å². The lowest BCUT2D eigenvalue weighted by Crippen LogP contribution is -2.47. The molecule has 4 nitrogen and oxygen atoms in total. The number of nitrogens with zero attached hydrogens (tertiary/aromatic N) is 1. The zero-order valence-corrected chi connectivity index (χ0v) is 10.5. The molecule has 2 rings (SSSR count). The van der Waals surface area contributed by atoms with E-state index in [1.54, 1.807) is 0 Å². The highest BCUT2D eigenvalue weighted by molar-refractivity contribution is 6.31. The summed E-state index contributed by atoms with van der Waals surface area (Å²) in [5, 5.41) is 6.61. The van der Waals surface area contributed by atoms with E-state index in [9.17, 15) is 4.79 Å². The van der Waals surface area contributed by atoms with Gasteiger partial charge in [0.2, 0.25) is 5.91 Å². The van der Waals surface area contributed by atoms with Crippen LogP contribution in [0.2, 0.25) is 5.02 Å². The van der Waals surface area contributed by atoms with Crippen LogP contribution in [-0.2, 0) is 11.3 Å². The Labute approximate surface area is 106 Å². The summed E-state index contributed by atoms with van der Waals surface area (Å²) in [7, 11) is 1.89. The largest absolute Gasteiger partial charge is 0.360 e. The van der Waals surface area contributed by atoms with Gasteiger partial charge in [-0.2, -0.15) is 0 Å². The predicted molar refractivity (Wildman–Crippen MR) is 69.4 cm³/mol. The van der Waals surface area contributed by atoms with Crippen molar-refractivity contribution in [3.05, 3.63) is 28.8 Å². The minimum atomic E-state index is 0.0617. The number of anilines is 1. The monoisotopic (exact) mass is 253 g/mol. The Morgan fingerprint density at radius 2 is 2.35 bits per heavy atom. The molecule has 1 saturated heterocycles. The van der Waals surface area contributed by atoms with Crippen molar-refractivity contribution in [2.75, 3.05) is 31.6 Å². The third kappa shape index (κ3) is 2.90. The zero-order chi connectivity index (χ0) is 12.3. The zero-order valence-electron chi connectivity index (χ0n) is 9.79. The highest BCUT2D eigenvalue weighted by Crippen LogP contribution is 2.24. The molecule has 17 heavy (non-hydrogen) atoms. The van der Waals surface area contributed by atoms with Crippen LogP contribution in [-0.4, -0.2) is 32.6 Å². The van der Waals surface area contributed by atoms with Crippen LogP contribution in [0.4, 0.5) is 5.69 Å². The molecule has 1 fully saturated rings. The summed E-state index contributed by atoms with van der Waals surface area (Å²) in [4.78, 5) is 13.3. The van der Waals surface area contributed by atoms with Gasteiger partial charge in [-0.1, -0.05) is 17.7 Å². The van der Waals surface area contributed by atoms with E-state index >= 15 is 0 Å². The molecular weight excluding hydrogens is 238 g/mol. The average Bonchev–Trinajstić information content (AvgIpc) is 2.32. The molecule has 0 unspecified atom stereocenters. The minimum absolute atomic E-state index is 0.0617. The fourth-order valence-electron chi connectivity index (χ4n) is 1.93. The number of nitrogens with one attached hydrogen (secondary N) is 2. The van der Waals surface area contributed by atoms with E-state index < -0.39 is 0 Å². The number of carbonyl (C=O) groups is 1. The molecule has 0 saturated carbocycles. The summed E-state index contributed by atoms with van der Waals surface area (Å²) < 4.78 is 0. The molecule has 1 aromatic carbocycles. The van der Waals surface area contributed by atoms with Gasteiger partial charge in [0.1, 0.15) is 0 Å². The Morgan fingerprint density at radius 1 is 1.53 bits per heavy atom. The molecular formula is C12H16ClN3O. The normalized spacial score (nSPS) is 15.9. The van der Waals surface area contributed by atoms with E-state index in [-0.39, 0.29) is 5.91 Å².